The van der Waals surface area contributed by atoms with Gasteiger partial charge in [0.05, 0.1) is 50.6 Å². The van der Waals surface area contributed by atoms with Crippen molar-refractivity contribution in [1.82, 2.24) is 29.9 Å². The van der Waals surface area contributed by atoms with Gasteiger partial charge in [-0.05, 0) is 153 Å². The molecule has 0 saturated carbocycles. The first-order valence-electron chi connectivity index (χ1n) is 42.3. The molecular weight excluding hydrogens is 2570 g/mol. The molecule has 19 heteroatoms. The van der Waals surface area contributed by atoms with Crippen molar-refractivity contribution in [1.29, 1.82) is 0 Å². The smallest absolute Gasteiger partial charge is 0.155 e. The Bertz CT molecular complexity index is 6620. The summed E-state index contributed by atoms with van der Waals surface area (Å²) in [4.78, 5) is 67.8. The van der Waals surface area contributed by atoms with Gasteiger partial charge in [0.25, 0.3) is 0 Å². The molecule has 17 aromatic rings. The topological polar surface area (TPSA) is 227 Å². The Kier molecular flexibility index (Phi) is 52.1. The number of hydrogen-bond donors (Lipinski definition) is 4. The number of allylic oxidation sites excluding steroid dienone is 8. The Morgan fingerprint density at radius 2 is 0.659 bits per heavy atom. The fourth-order valence-electron chi connectivity index (χ4n) is 13.1. The van der Waals surface area contributed by atoms with Crippen molar-refractivity contribution in [2.45, 2.75) is 125 Å². The molecule has 703 valence electrons. The van der Waals surface area contributed by atoms with E-state index in [4.69, 9.17) is 40.4 Å². The zero-order valence-electron chi connectivity index (χ0n) is 78.8. The summed E-state index contributed by atoms with van der Waals surface area (Å²) in [5.41, 5.74) is 29.8. The average molecular weight is 2680 g/mol. The summed E-state index contributed by atoms with van der Waals surface area (Å²) in [6.45, 7) is 32.4. The Hall–Kier alpha value is -12.3. The Morgan fingerprint density at radius 1 is 0.267 bits per heavy atom. The van der Waals surface area contributed by atoms with E-state index >= 15 is 0 Å². The first-order chi connectivity index (χ1) is 62.2. The summed E-state index contributed by atoms with van der Waals surface area (Å²) in [7, 11) is 0. The van der Waals surface area contributed by atoms with E-state index in [1.54, 1.807) is 6.20 Å². The maximum absolute atomic E-state index is 10.0. The van der Waals surface area contributed by atoms with Gasteiger partial charge in [-0.3, -0.25) is 44.1 Å². The summed E-state index contributed by atoms with van der Waals surface area (Å²) in [5.74, 6) is -0.250. The number of nitrogens with zero attached hydrogens (tertiary/aromatic N) is 6. The van der Waals surface area contributed by atoms with Crippen LogP contribution in [0.25, 0.3) is 122 Å². The largest absolute Gasteiger partial charge is 0.512 e. The quantitative estimate of drug-likeness (QED) is 0.0568. The van der Waals surface area contributed by atoms with Crippen LogP contribution in [0.2, 0.25) is 0 Å². The minimum absolute atomic E-state index is 0. The van der Waals surface area contributed by atoms with Gasteiger partial charge in [0.1, 0.15) is 0 Å². The summed E-state index contributed by atoms with van der Waals surface area (Å²) in [6.07, 6.45) is 6.45. The maximum Gasteiger partial charge on any atom is 0.155 e. The predicted octanol–water partition coefficient (Wildman–Crippen LogP) is 28.3. The molecule has 11 aromatic carbocycles. The molecule has 17 rings (SSSR count). The van der Waals surface area contributed by atoms with Crippen LogP contribution in [0.4, 0.5) is 0 Å². The molecule has 4 N–H and O–H groups in total. The molecule has 5 radical (unpaired) electrons. The molecule has 14 nitrogen and oxygen atoms in total. The number of rotatable bonds is 10. The molecule has 6 heterocycles. The number of aliphatic hydroxyl groups is 4. The number of ketones is 4. The number of para-hydroxylation sites is 5. The molecule has 135 heavy (non-hydrogen) atoms. The first-order valence-corrected chi connectivity index (χ1v) is 42.3. The van der Waals surface area contributed by atoms with Crippen LogP contribution >= 0.6 is 0 Å². The van der Waals surface area contributed by atoms with Gasteiger partial charge in [-0.2, -0.15) is 0 Å². The van der Waals surface area contributed by atoms with E-state index in [-0.39, 0.29) is 147 Å². The number of fused-ring (bicyclic) bond motifs is 5. The van der Waals surface area contributed by atoms with Crippen molar-refractivity contribution < 1.29 is 140 Å². The minimum Gasteiger partial charge on any atom is -0.512 e. The van der Waals surface area contributed by atoms with Crippen molar-refractivity contribution in [2.75, 3.05) is 0 Å². The SMILES string of the molecule is CC(=O)C=C(C)O.CC(=O)C=C(C)O.CC(=O)C=C(C)O.CC(=O)C=C(C)O.Cc1[c-]c(-c2ccc3ccccc3n2)c(C)cc1.Cc1[c-]c(-c2ccc3ccccc3n2)cc(C)c1.Cc1c[c-]c(-c2ccc3ccccc3n2)c(C)c1.Cc1c[c-]c(-c2ccc3ccccc3n2)cc1C.Cc1cc[c-]c(-c2ccc3ccccc3n2)c1C.[Ir].[Ir].[Ir].[Ir].[Ir].[c-]1ccccc1-c1ccccn1. The zero-order valence-corrected chi connectivity index (χ0v) is 90.8. The van der Waals surface area contributed by atoms with Crippen LogP contribution in [0.1, 0.15) is 111 Å². The van der Waals surface area contributed by atoms with Crippen molar-refractivity contribution in [3.05, 3.63) is 431 Å². The molecule has 0 bridgehead atoms. The fourth-order valence-corrected chi connectivity index (χ4v) is 13.1. The van der Waals surface area contributed by atoms with Gasteiger partial charge in [0, 0.05) is 131 Å². The van der Waals surface area contributed by atoms with Crippen molar-refractivity contribution in [3.8, 4) is 67.5 Å². The van der Waals surface area contributed by atoms with Crippen LogP contribution < -0.4 is 0 Å². The monoisotopic (exact) mass is 2680 g/mol. The number of aryl methyl sites for hydroxylation is 9. The predicted molar refractivity (Wildman–Crippen MR) is 534 cm³/mol. The number of pyridine rings is 6. The molecule has 0 atom stereocenters. The molecule has 6 aromatic heterocycles. The maximum atomic E-state index is 10.0. The number of aliphatic hydroxyl groups excluding tert-OH is 4. The average Bonchev–Trinajstić information content (AvgIpc) is 0.820. The zero-order chi connectivity index (χ0) is 94.3. The summed E-state index contributed by atoms with van der Waals surface area (Å²) >= 11 is 0. The van der Waals surface area contributed by atoms with Crippen LogP contribution in [0.15, 0.2) is 339 Å². The molecular formula is C116H110Ir5N6O8-6. The molecule has 0 unspecified atom stereocenters. The van der Waals surface area contributed by atoms with E-state index in [0.717, 1.165) is 106 Å². The van der Waals surface area contributed by atoms with Crippen LogP contribution in [0.3, 0.4) is 0 Å². The third-order valence-corrected chi connectivity index (χ3v) is 19.3. The normalized spacial score (nSPS) is 10.4. The van der Waals surface area contributed by atoms with Gasteiger partial charge in [-0.15, -0.1) is 210 Å². The summed E-state index contributed by atoms with van der Waals surface area (Å²) in [5, 5.41) is 39.3. The van der Waals surface area contributed by atoms with E-state index in [0.29, 0.717) is 0 Å². The molecule has 0 spiro atoms. The Labute approximate surface area is 862 Å². The molecule has 0 fully saturated rings. The number of benzene rings is 11. The van der Waals surface area contributed by atoms with E-state index < -0.39 is 0 Å². The number of carbonyl (C=O) groups excluding carboxylic acids is 4. The van der Waals surface area contributed by atoms with Gasteiger partial charge in [0.15, 0.2) is 23.1 Å². The van der Waals surface area contributed by atoms with Gasteiger partial charge < -0.3 is 25.4 Å². The van der Waals surface area contributed by atoms with Crippen molar-refractivity contribution >= 4 is 77.6 Å². The standard InChI is InChI=1S/5C17H14N.C11H8N.4C5H8O2.5Ir/c1-12-6-5-8-15(13(12)2)17-11-10-14-7-3-4-9-16(14)18-17;1-12-7-9-15(13(2)11-12)17-10-8-14-5-3-4-6-16(14)18-17;1-12-9-13(2)11-15(10-12)17-8-7-14-5-3-4-6-16(14)18-17;1-12-7-8-15(11-13(12)2)17-10-9-14-5-3-4-6-16(14)18-17;1-12-7-8-13(2)15(11-12)17-10-9-14-5-3-4-6-16(14)18-17;1-2-6-10(7-3-1)11-8-4-5-9-12-11;4*1-4(6)3-5(2)7;;;;;/h3-7,9-11H,1-2H3;3-8,10-11H,1-2H3;3-10H,1-2H3;3-7,9-11H,1-2H3;3-10H,1-2H3;1-6,8-9H;4*3,6H,1-2H3;;;;;/q6*-1;;;;;;;;;. The van der Waals surface area contributed by atoms with Gasteiger partial charge in [-0.1, -0.05) is 233 Å². The van der Waals surface area contributed by atoms with Crippen molar-refractivity contribution in [3.63, 3.8) is 0 Å². The molecule has 0 saturated heterocycles. The van der Waals surface area contributed by atoms with Crippen LogP contribution in [0.5, 0.6) is 0 Å². The number of hydrogen-bond acceptors (Lipinski definition) is 14. The van der Waals surface area contributed by atoms with Gasteiger partial charge in [0.2, 0.25) is 0 Å². The number of carbonyl (C=O) groups is 4. The van der Waals surface area contributed by atoms with E-state index in [9.17, 15) is 19.2 Å². The van der Waals surface area contributed by atoms with Gasteiger partial charge in [-0.25, -0.2) is 0 Å². The van der Waals surface area contributed by atoms with Gasteiger partial charge >= 0.3 is 0 Å². The third-order valence-electron chi connectivity index (χ3n) is 19.3. The second-order valence-electron chi connectivity index (χ2n) is 31.1. The van der Waals surface area contributed by atoms with E-state index in [2.05, 4.69) is 249 Å². The Balaban J connectivity index is 0.000000393. The van der Waals surface area contributed by atoms with Crippen LogP contribution in [0, 0.1) is 106 Å². The van der Waals surface area contributed by atoms with E-state index in [1.807, 2.05) is 152 Å². The minimum atomic E-state index is -0.125. The molecule has 0 aliphatic rings. The summed E-state index contributed by atoms with van der Waals surface area (Å²) in [6, 6.07) is 116. The first kappa shape index (κ1) is 117. The third kappa shape index (κ3) is 40.0. The molecule has 0 aliphatic carbocycles. The number of aromatic nitrogens is 6. The fraction of sp³-hybridized carbons (Fsp3) is 0.155. The van der Waals surface area contributed by atoms with Crippen LogP contribution in [-0.2, 0) is 120 Å². The van der Waals surface area contributed by atoms with Crippen LogP contribution in [-0.4, -0.2) is 73.5 Å². The second-order valence-corrected chi connectivity index (χ2v) is 31.1. The molecule has 0 aliphatic heterocycles. The summed E-state index contributed by atoms with van der Waals surface area (Å²) < 4.78 is 0. The molecule has 0 amide bonds. The second kappa shape index (κ2) is 60.1. The Morgan fingerprint density at radius 3 is 1.04 bits per heavy atom. The van der Waals surface area contributed by atoms with Crippen molar-refractivity contribution in [2.24, 2.45) is 0 Å². The van der Waals surface area contributed by atoms with E-state index in [1.165, 1.54) is 151 Å².